The molecule has 2 aromatic rings. The minimum absolute atomic E-state index is 0.00256. The van der Waals surface area contributed by atoms with E-state index in [9.17, 15) is 9.59 Å². The summed E-state index contributed by atoms with van der Waals surface area (Å²) in [6.45, 7) is 3.36. The molecule has 0 aliphatic carbocycles. The number of nitrogens with one attached hydrogen (secondary N) is 1. The number of hydrogen-bond acceptors (Lipinski definition) is 6. The van der Waals surface area contributed by atoms with Crippen molar-refractivity contribution in [2.75, 3.05) is 32.6 Å². The molecule has 1 fully saturated rings. The zero-order chi connectivity index (χ0) is 20.9. The number of nitrogens with zero attached hydrogens (tertiary/aromatic N) is 4. The van der Waals surface area contributed by atoms with Gasteiger partial charge in [0.1, 0.15) is 5.82 Å². The molecule has 8 nitrogen and oxygen atoms in total. The van der Waals surface area contributed by atoms with E-state index in [1.54, 1.807) is 11.8 Å². The quantitative estimate of drug-likeness (QED) is 0.696. The first-order valence-corrected chi connectivity index (χ1v) is 11.5. The summed E-state index contributed by atoms with van der Waals surface area (Å²) in [6.07, 6.45) is 3.87. The first-order valence-electron chi connectivity index (χ1n) is 10.3. The van der Waals surface area contributed by atoms with Crippen molar-refractivity contribution in [2.45, 2.75) is 37.2 Å². The Morgan fingerprint density at radius 3 is 2.77 bits per heavy atom. The fourth-order valence-electron chi connectivity index (χ4n) is 3.84. The zero-order valence-electron chi connectivity index (χ0n) is 17.2. The molecule has 30 heavy (non-hydrogen) atoms. The molecule has 3 heterocycles. The molecule has 0 saturated carbocycles. The van der Waals surface area contributed by atoms with Gasteiger partial charge in [0.05, 0.1) is 25.5 Å². The van der Waals surface area contributed by atoms with Crippen LogP contribution in [0.25, 0.3) is 0 Å². The predicted molar refractivity (Wildman–Crippen MR) is 113 cm³/mol. The number of ether oxygens (including phenoxy) is 1. The maximum absolute atomic E-state index is 12.8. The molecule has 0 bridgehead atoms. The lowest BCUT2D eigenvalue weighted by Gasteiger charge is -2.20. The third-order valence-electron chi connectivity index (χ3n) is 5.69. The SMILES string of the molecule is CSc1ccc(CC(=O)N2CCc3nnc(CNC(=O)C4CCOC4)n3CC2)cc1. The van der Waals surface area contributed by atoms with E-state index >= 15 is 0 Å². The molecular weight excluding hydrogens is 402 g/mol. The van der Waals surface area contributed by atoms with Crippen molar-refractivity contribution in [3.8, 4) is 0 Å². The van der Waals surface area contributed by atoms with E-state index < -0.39 is 0 Å². The van der Waals surface area contributed by atoms with Gasteiger partial charge in [-0.15, -0.1) is 22.0 Å². The van der Waals surface area contributed by atoms with Crippen molar-refractivity contribution >= 4 is 23.6 Å². The third kappa shape index (κ3) is 4.84. The highest BCUT2D eigenvalue weighted by atomic mass is 32.2. The highest BCUT2D eigenvalue weighted by Crippen LogP contribution is 2.17. The standard InChI is InChI=1S/C21H27N5O3S/c1-30-17-4-2-15(3-5-17)12-20(27)25-8-6-18-23-24-19(26(18)10-9-25)13-22-21(28)16-7-11-29-14-16/h2-5,16H,6-14H2,1H3,(H,22,28). The van der Waals surface area contributed by atoms with Crippen molar-refractivity contribution in [3.05, 3.63) is 41.5 Å². The Kier molecular flexibility index (Phi) is 6.69. The largest absolute Gasteiger partial charge is 0.381 e. The molecule has 160 valence electrons. The monoisotopic (exact) mass is 429 g/mol. The summed E-state index contributed by atoms with van der Waals surface area (Å²) in [7, 11) is 0. The maximum Gasteiger partial charge on any atom is 0.227 e. The second kappa shape index (κ2) is 9.61. The molecule has 9 heteroatoms. The van der Waals surface area contributed by atoms with E-state index in [1.165, 1.54) is 4.90 Å². The highest BCUT2D eigenvalue weighted by Gasteiger charge is 2.25. The predicted octanol–water partition coefficient (Wildman–Crippen LogP) is 1.28. The number of benzene rings is 1. The van der Waals surface area contributed by atoms with E-state index in [0.717, 1.165) is 23.6 Å². The number of amides is 2. The molecule has 1 saturated heterocycles. The minimum Gasteiger partial charge on any atom is -0.381 e. The number of carbonyl (C=O) groups excluding carboxylic acids is 2. The van der Waals surface area contributed by atoms with Gasteiger partial charge in [0.25, 0.3) is 0 Å². The first kappa shape index (κ1) is 20.9. The highest BCUT2D eigenvalue weighted by molar-refractivity contribution is 7.98. The molecule has 4 rings (SSSR count). The average molecular weight is 430 g/mol. The summed E-state index contributed by atoms with van der Waals surface area (Å²) in [5.74, 6) is 1.65. The normalized spacial score (nSPS) is 18.7. The number of thioether (sulfide) groups is 1. The Balaban J connectivity index is 1.32. The van der Waals surface area contributed by atoms with Crippen LogP contribution >= 0.6 is 11.8 Å². The number of aromatic nitrogens is 3. The number of carbonyl (C=O) groups is 2. The van der Waals surface area contributed by atoms with E-state index in [0.29, 0.717) is 52.2 Å². The summed E-state index contributed by atoms with van der Waals surface area (Å²) in [5.41, 5.74) is 1.03. The van der Waals surface area contributed by atoms with Gasteiger partial charge in [-0.1, -0.05) is 12.1 Å². The van der Waals surface area contributed by atoms with Gasteiger partial charge in [-0.3, -0.25) is 9.59 Å². The maximum atomic E-state index is 12.8. The van der Waals surface area contributed by atoms with Crippen LogP contribution in [0, 0.1) is 5.92 Å². The van der Waals surface area contributed by atoms with E-state index in [1.807, 2.05) is 27.9 Å². The summed E-state index contributed by atoms with van der Waals surface area (Å²) in [4.78, 5) is 28.1. The fraction of sp³-hybridized carbons (Fsp3) is 0.524. The van der Waals surface area contributed by atoms with Gasteiger partial charge < -0.3 is 19.5 Å². The van der Waals surface area contributed by atoms with Crippen molar-refractivity contribution in [1.29, 1.82) is 0 Å². The molecule has 1 unspecified atom stereocenters. The number of rotatable bonds is 6. The van der Waals surface area contributed by atoms with Gasteiger partial charge >= 0.3 is 0 Å². The van der Waals surface area contributed by atoms with Gasteiger partial charge in [-0.05, 0) is 30.4 Å². The van der Waals surface area contributed by atoms with Crippen LogP contribution in [-0.4, -0.2) is 64.0 Å². The molecule has 2 aliphatic heterocycles. The van der Waals surface area contributed by atoms with Gasteiger partial charge in [0.15, 0.2) is 5.82 Å². The van der Waals surface area contributed by atoms with E-state index in [-0.39, 0.29) is 17.7 Å². The molecule has 1 N–H and O–H groups in total. The summed E-state index contributed by atoms with van der Waals surface area (Å²) < 4.78 is 7.31. The Morgan fingerprint density at radius 1 is 1.20 bits per heavy atom. The van der Waals surface area contributed by atoms with Crippen molar-refractivity contribution in [1.82, 2.24) is 25.0 Å². The topological polar surface area (TPSA) is 89.3 Å². The Bertz CT molecular complexity index is 893. The van der Waals surface area contributed by atoms with Crippen molar-refractivity contribution in [2.24, 2.45) is 5.92 Å². The fourth-order valence-corrected chi connectivity index (χ4v) is 4.25. The van der Waals surface area contributed by atoms with Crippen LogP contribution in [0.5, 0.6) is 0 Å². The van der Waals surface area contributed by atoms with Crippen LogP contribution in [0.1, 0.15) is 23.6 Å². The van der Waals surface area contributed by atoms with Crippen LogP contribution in [0.2, 0.25) is 0 Å². The minimum atomic E-state index is -0.0744. The Hall–Kier alpha value is -2.39. The molecule has 1 atom stereocenters. The second-order valence-electron chi connectivity index (χ2n) is 7.62. The zero-order valence-corrected chi connectivity index (χ0v) is 18.0. The van der Waals surface area contributed by atoms with Gasteiger partial charge in [0, 0.05) is 37.6 Å². The molecular formula is C21H27N5O3S. The third-order valence-corrected chi connectivity index (χ3v) is 6.43. The van der Waals surface area contributed by atoms with Crippen molar-refractivity contribution in [3.63, 3.8) is 0 Å². The Morgan fingerprint density at radius 2 is 2.03 bits per heavy atom. The van der Waals surface area contributed by atoms with Crippen molar-refractivity contribution < 1.29 is 14.3 Å². The summed E-state index contributed by atoms with van der Waals surface area (Å²) in [6, 6.07) is 8.14. The van der Waals surface area contributed by atoms with E-state index in [2.05, 4.69) is 27.6 Å². The molecule has 0 radical (unpaired) electrons. The molecule has 2 amide bonds. The average Bonchev–Trinajstić information content (AvgIpc) is 3.38. The van der Waals surface area contributed by atoms with Crippen LogP contribution in [-0.2, 0) is 40.3 Å². The molecule has 2 aliphatic rings. The first-order chi connectivity index (χ1) is 14.6. The molecule has 0 spiro atoms. The number of hydrogen-bond donors (Lipinski definition) is 1. The van der Waals surface area contributed by atoms with Gasteiger partial charge in [-0.2, -0.15) is 0 Å². The second-order valence-corrected chi connectivity index (χ2v) is 8.50. The van der Waals surface area contributed by atoms with E-state index in [4.69, 9.17) is 4.74 Å². The van der Waals surface area contributed by atoms with Gasteiger partial charge in [0.2, 0.25) is 11.8 Å². The van der Waals surface area contributed by atoms with Crippen LogP contribution < -0.4 is 5.32 Å². The number of fused-ring (bicyclic) bond motifs is 1. The summed E-state index contributed by atoms with van der Waals surface area (Å²) in [5, 5.41) is 11.5. The smallest absolute Gasteiger partial charge is 0.227 e. The molecule has 1 aromatic heterocycles. The lowest BCUT2D eigenvalue weighted by atomic mass is 10.1. The van der Waals surface area contributed by atoms with Crippen LogP contribution in [0.4, 0.5) is 0 Å². The summed E-state index contributed by atoms with van der Waals surface area (Å²) >= 11 is 1.69. The lowest BCUT2D eigenvalue weighted by molar-refractivity contribution is -0.130. The molecule has 1 aromatic carbocycles. The lowest BCUT2D eigenvalue weighted by Crippen LogP contribution is -2.35. The van der Waals surface area contributed by atoms with Gasteiger partial charge in [-0.25, -0.2) is 0 Å². The van der Waals surface area contributed by atoms with Crippen LogP contribution in [0.3, 0.4) is 0 Å². The Labute approximate surface area is 180 Å². The van der Waals surface area contributed by atoms with Crippen LogP contribution in [0.15, 0.2) is 29.2 Å².